The maximum atomic E-state index is 14.0. The summed E-state index contributed by atoms with van der Waals surface area (Å²) in [6, 6.07) is -2.13. The Morgan fingerprint density at radius 2 is 0.780 bits per heavy atom. The average Bonchev–Trinajstić information content (AvgIpc) is 3.46. The Kier molecular flexibility index (Phi) is 54.9. The third-order valence-electron chi connectivity index (χ3n) is 11.7. The molecule has 0 radical (unpaired) electrons. The molecule has 0 aliphatic carbocycles. The molecule has 5 atom stereocenters. The third-order valence-corrected chi connectivity index (χ3v) is 14.1. The standard InChI is InChI=1S/C53H104N6O21P2/c1-44(2)82(66,67)80-39-45(43-81)13-6-9-17-54-48(60)16-12-20-57-52(64)46(14-7-10-18-55-49(61)40-77-36-33-74-30-27-71-24-21-68-3)59-53(65)47(58-51(63)42-79-38-35-76-32-29-73-26-23-70-5)15-8-11-19-56-50(62)41-78-37-34-75-31-28-72-25-22-69-4/h44-47H,6-43,81H2,1-5H3,(H,54,60)(H,55,61)(H,56,62)(H,57,64)(H,58,63)(H,59,65)(H,66,67)/p-1. The molecule has 0 fully saturated rings. The minimum absolute atomic E-state index is 0.0478. The molecule has 5 unspecified atom stereocenters. The van der Waals surface area contributed by atoms with E-state index in [0.717, 1.165) is 12.8 Å². The molecule has 0 aromatic carbocycles. The topological polar surface area (TPSA) is 335 Å². The lowest BCUT2D eigenvalue weighted by atomic mass is 10.0. The first-order valence-corrected chi connectivity index (χ1v) is 31.1. The van der Waals surface area contributed by atoms with Crippen LogP contribution in [0.25, 0.3) is 0 Å². The first-order valence-electron chi connectivity index (χ1n) is 28.7. The molecule has 6 N–H and O–H groups in total. The first kappa shape index (κ1) is 78.9. The van der Waals surface area contributed by atoms with Crippen molar-refractivity contribution in [3.05, 3.63) is 0 Å². The van der Waals surface area contributed by atoms with E-state index in [4.69, 9.17) is 61.4 Å². The van der Waals surface area contributed by atoms with E-state index in [1.165, 1.54) is 0 Å². The Morgan fingerprint density at radius 3 is 1.18 bits per heavy atom. The molecule has 0 heterocycles. The molecule has 0 saturated carbocycles. The van der Waals surface area contributed by atoms with Gasteiger partial charge in [0.2, 0.25) is 35.4 Å². The zero-order chi connectivity index (χ0) is 60.6. The highest BCUT2D eigenvalue weighted by atomic mass is 31.2. The molecule has 29 heteroatoms. The van der Waals surface area contributed by atoms with Gasteiger partial charge in [0.05, 0.1) is 126 Å². The zero-order valence-electron chi connectivity index (χ0n) is 49.8. The number of hydrogen-bond donors (Lipinski definition) is 6. The molecule has 0 spiro atoms. The number of carbonyl (C=O) groups excluding carboxylic acids is 6. The minimum atomic E-state index is -3.90. The van der Waals surface area contributed by atoms with Crippen molar-refractivity contribution in [1.29, 1.82) is 0 Å². The fourth-order valence-electron chi connectivity index (χ4n) is 6.88. The van der Waals surface area contributed by atoms with Gasteiger partial charge in [-0.15, -0.1) is 9.24 Å². The average molecular weight is 1220 g/mol. The highest BCUT2D eigenvalue weighted by Crippen LogP contribution is 2.43. The van der Waals surface area contributed by atoms with E-state index in [0.29, 0.717) is 137 Å². The number of carbonyl (C=O) groups is 6. The zero-order valence-corrected chi connectivity index (χ0v) is 51.8. The van der Waals surface area contributed by atoms with E-state index in [2.05, 4.69) is 41.1 Å². The number of rotatable bonds is 61. The van der Waals surface area contributed by atoms with Crippen LogP contribution >= 0.6 is 16.8 Å². The van der Waals surface area contributed by atoms with Crippen LogP contribution in [-0.4, -0.2) is 252 Å². The van der Waals surface area contributed by atoms with Crippen LogP contribution in [0.2, 0.25) is 0 Å². The minimum Gasteiger partial charge on any atom is -0.778 e. The van der Waals surface area contributed by atoms with E-state index in [1.54, 1.807) is 35.2 Å². The second-order valence-electron chi connectivity index (χ2n) is 19.0. The van der Waals surface area contributed by atoms with Gasteiger partial charge in [-0.1, -0.05) is 20.3 Å². The summed E-state index contributed by atoms with van der Waals surface area (Å²) >= 11 is 0. The van der Waals surface area contributed by atoms with Gasteiger partial charge < -0.3 is 103 Å². The summed E-state index contributed by atoms with van der Waals surface area (Å²) in [4.78, 5) is 90.6. The molecule has 82 heavy (non-hydrogen) atoms. The van der Waals surface area contributed by atoms with Crippen molar-refractivity contribution in [3.63, 3.8) is 0 Å². The summed E-state index contributed by atoms with van der Waals surface area (Å²) < 4.78 is 80.8. The number of nitrogens with one attached hydrogen (secondary N) is 6. The van der Waals surface area contributed by atoms with Gasteiger partial charge in [0, 0.05) is 59.6 Å². The van der Waals surface area contributed by atoms with Crippen LogP contribution in [0.3, 0.4) is 0 Å². The molecule has 0 bridgehead atoms. The van der Waals surface area contributed by atoms with Crippen molar-refractivity contribution in [2.24, 2.45) is 5.92 Å². The van der Waals surface area contributed by atoms with Crippen molar-refractivity contribution in [1.82, 2.24) is 31.9 Å². The predicted octanol–water partition coefficient (Wildman–Crippen LogP) is 0.270. The Bertz CT molecular complexity index is 1650. The van der Waals surface area contributed by atoms with Crippen molar-refractivity contribution in [3.8, 4) is 0 Å². The van der Waals surface area contributed by atoms with E-state index < -0.39 is 43.1 Å². The van der Waals surface area contributed by atoms with Crippen molar-refractivity contribution in [2.45, 2.75) is 102 Å². The highest BCUT2D eigenvalue weighted by molar-refractivity contribution is 7.52. The molecule has 0 aliphatic heterocycles. The molecule has 482 valence electrons. The van der Waals surface area contributed by atoms with Crippen LogP contribution < -0.4 is 36.8 Å². The second kappa shape index (κ2) is 57.0. The third kappa shape index (κ3) is 50.3. The molecule has 6 amide bonds. The monoisotopic (exact) mass is 1220 g/mol. The normalized spacial score (nSPS) is 13.3. The first-order chi connectivity index (χ1) is 39.7. The quantitative estimate of drug-likeness (QED) is 0.0352. The van der Waals surface area contributed by atoms with Crippen LogP contribution in [0.15, 0.2) is 0 Å². The number of methoxy groups -OCH3 is 3. The van der Waals surface area contributed by atoms with Gasteiger partial charge >= 0.3 is 0 Å². The maximum absolute atomic E-state index is 14.0. The van der Waals surface area contributed by atoms with Crippen molar-refractivity contribution < 1.29 is 99.6 Å². The summed E-state index contributed by atoms with van der Waals surface area (Å²) in [7, 11) is 3.49. The highest BCUT2D eigenvalue weighted by Gasteiger charge is 2.27. The molecule has 0 rings (SSSR count). The summed E-state index contributed by atoms with van der Waals surface area (Å²) in [5, 5.41) is 16.8. The summed E-state index contributed by atoms with van der Waals surface area (Å²) in [6.45, 7) is 10.1. The number of unbranched alkanes of at least 4 members (excludes halogenated alkanes) is 3. The SMILES string of the molecule is COCCOCCOCCOCC(=O)NCCCCC(NC(=O)COCCOCCOCCOC)C(=O)NC(CCCCNC(=O)COCCOCCOCCOC)C(=O)NCCCC(=O)NCCCCC(CP)COP(=O)([O-])C(C)C. The van der Waals surface area contributed by atoms with Gasteiger partial charge in [0.15, 0.2) is 0 Å². The van der Waals surface area contributed by atoms with E-state index in [1.807, 2.05) is 0 Å². The summed E-state index contributed by atoms with van der Waals surface area (Å²) in [5.74, 6) is -2.49. The van der Waals surface area contributed by atoms with Gasteiger partial charge in [-0.05, 0) is 69.9 Å². The Hall–Kier alpha value is -3.08. The van der Waals surface area contributed by atoms with Crippen LogP contribution in [0.1, 0.15) is 84.5 Å². The van der Waals surface area contributed by atoms with Gasteiger partial charge in [-0.2, -0.15) is 0 Å². The molecule has 0 saturated heterocycles. The van der Waals surface area contributed by atoms with Crippen LogP contribution in [0.4, 0.5) is 0 Å². The fraction of sp³-hybridized carbons (Fsp3) is 0.887. The molecule has 27 nitrogen and oxygen atoms in total. The van der Waals surface area contributed by atoms with Gasteiger partial charge in [0.1, 0.15) is 39.5 Å². The molecule has 0 aromatic rings. The van der Waals surface area contributed by atoms with Crippen LogP contribution in [-0.2, 0) is 94.7 Å². The van der Waals surface area contributed by atoms with Gasteiger partial charge in [-0.3, -0.25) is 28.8 Å². The predicted molar refractivity (Wildman–Crippen MR) is 306 cm³/mol. The lowest BCUT2D eigenvalue weighted by molar-refractivity contribution is -0.201. The second-order valence-corrected chi connectivity index (χ2v) is 21.8. The van der Waals surface area contributed by atoms with Crippen molar-refractivity contribution >= 4 is 52.3 Å². The maximum Gasteiger partial charge on any atom is 0.246 e. The molecule has 0 aromatic heterocycles. The Balaban J connectivity index is 5.52. The fourth-order valence-corrected chi connectivity index (χ4v) is 7.97. The lowest BCUT2D eigenvalue weighted by Crippen LogP contribution is -2.54. The van der Waals surface area contributed by atoms with Gasteiger partial charge in [-0.25, -0.2) is 0 Å². The van der Waals surface area contributed by atoms with E-state index in [-0.39, 0.29) is 122 Å². The molecular formula is C53H103N6O21P2-. The van der Waals surface area contributed by atoms with E-state index in [9.17, 15) is 38.2 Å². The lowest BCUT2D eigenvalue weighted by Gasteiger charge is -2.29. The Labute approximate surface area is 489 Å². The largest absolute Gasteiger partial charge is 0.778 e. The van der Waals surface area contributed by atoms with Crippen LogP contribution in [0.5, 0.6) is 0 Å². The number of hydrogen-bond acceptors (Lipinski definition) is 21. The number of amides is 6. The molecular weight excluding hydrogens is 1120 g/mol. The molecule has 0 aliphatic rings. The van der Waals surface area contributed by atoms with Crippen LogP contribution in [0, 0.1) is 5.92 Å². The summed E-state index contributed by atoms with van der Waals surface area (Å²) in [6.07, 6.45) is 5.39. The summed E-state index contributed by atoms with van der Waals surface area (Å²) in [5.41, 5.74) is -0.594. The van der Waals surface area contributed by atoms with Crippen molar-refractivity contribution in [2.75, 3.05) is 199 Å². The smallest absolute Gasteiger partial charge is 0.246 e. The number of ether oxygens (including phenoxy) is 12. The van der Waals surface area contributed by atoms with Gasteiger partial charge in [0.25, 0.3) is 0 Å². The Morgan fingerprint density at radius 1 is 0.427 bits per heavy atom. The van der Waals surface area contributed by atoms with E-state index >= 15 is 0 Å².